The SMILES string of the molecule is O=c1c2c3c(sc2nc(SC[C@H]2C[NH+](Cc4ccccc4)CCO2)n1Cc1ccccc1)CCC3. The largest absolute Gasteiger partial charge is 0.366 e. The standard InChI is InChI=1S/C28H29N3O2S2/c32-27-25-23-12-7-13-24(23)35-26(25)29-28(31(27)17-21-10-5-2-6-11-21)34-19-22-18-30(14-15-33-22)16-20-8-3-1-4-9-20/h1-6,8-11,22H,7,12-19H2/p+1/t22-/m1/s1. The zero-order chi connectivity index (χ0) is 23.6. The van der Waals surface area contributed by atoms with Crippen LogP contribution in [-0.2, 0) is 30.7 Å². The molecule has 0 spiro atoms. The van der Waals surface area contributed by atoms with Crippen LogP contribution in [0.5, 0.6) is 0 Å². The molecule has 1 saturated heterocycles. The summed E-state index contributed by atoms with van der Waals surface area (Å²) in [7, 11) is 0. The molecule has 7 heteroatoms. The maximum absolute atomic E-state index is 13.8. The number of quaternary nitrogens is 1. The number of nitrogens with one attached hydrogen (secondary N) is 1. The second-order valence-electron chi connectivity index (χ2n) is 9.48. The van der Waals surface area contributed by atoms with Gasteiger partial charge in [0.25, 0.3) is 5.56 Å². The van der Waals surface area contributed by atoms with Gasteiger partial charge in [-0.1, -0.05) is 72.4 Å². The number of hydrogen-bond donors (Lipinski definition) is 1. The van der Waals surface area contributed by atoms with Gasteiger partial charge in [-0.15, -0.1) is 11.3 Å². The monoisotopic (exact) mass is 504 g/mol. The van der Waals surface area contributed by atoms with Crippen LogP contribution in [0.2, 0.25) is 0 Å². The number of rotatable bonds is 7. The van der Waals surface area contributed by atoms with E-state index in [2.05, 4.69) is 42.5 Å². The summed E-state index contributed by atoms with van der Waals surface area (Å²) < 4.78 is 8.03. The number of thiophene rings is 1. The maximum Gasteiger partial charge on any atom is 0.263 e. The third kappa shape index (κ3) is 4.96. The van der Waals surface area contributed by atoms with Crippen LogP contribution in [0, 0.1) is 0 Å². The average molecular weight is 505 g/mol. The molecule has 2 atom stereocenters. The fourth-order valence-electron chi connectivity index (χ4n) is 5.25. The first kappa shape index (κ1) is 23.0. The lowest BCUT2D eigenvalue weighted by molar-refractivity contribution is -0.924. The van der Waals surface area contributed by atoms with Gasteiger partial charge in [0.2, 0.25) is 0 Å². The summed E-state index contributed by atoms with van der Waals surface area (Å²) >= 11 is 3.39. The first-order chi connectivity index (χ1) is 17.2. The van der Waals surface area contributed by atoms with E-state index in [1.165, 1.54) is 16.0 Å². The lowest BCUT2D eigenvalue weighted by Gasteiger charge is -2.30. The summed E-state index contributed by atoms with van der Waals surface area (Å²) in [6.07, 6.45) is 3.37. The number of benzene rings is 2. The van der Waals surface area contributed by atoms with Crippen molar-refractivity contribution in [2.24, 2.45) is 0 Å². The smallest absolute Gasteiger partial charge is 0.263 e. The molecule has 1 aliphatic heterocycles. The van der Waals surface area contributed by atoms with Crippen molar-refractivity contribution in [2.75, 3.05) is 25.4 Å². The summed E-state index contributed by atoms with van der Waals surface area (Å²) in [5.74, 6) is 0.802. The summed E-state index contributed by atoms with van der Waals surface area (Å²) in [5, 5.41) is 1.67. The van der Waals surface area contributed by atoms with Crippen molar-refractivity contribution in [3.63, 3.8) is 0 Å². The van der Waals surface area contributed by atoms with Gasteiger partial charge in [-0.3, -0.25) is 9.36 Å². The molecular formula is C28H30N3O2S2+. The zero-order valence-electron chi connectivity index (χ0n) is 19.7. The minimum atomic E-state index is 0.113. The Balaban J connectivity index is 1.24. The molecule has 2 aliphatic rings. The molecule has 35 heavy (non-hydrogen) atoms. The van der Waals surface area contributed by atoms with Gasteiger partial charge in [0, 0.05) is 16.2 Å². The van der Waals surface area contributed by atoms with Gasteiger partial charge in [-0.05, 0) is 30.4 Å². The number of nitrogens with zero attached hydrogens (tertiary/aromatic N) is 2. The number of fused-ring (bicyclic) bond motifs is 3. The fourth-order valence-corrected chi connectivity index (χ4v) is 7.56. The Morgan fingerprint density at radius 1 is 1.06 bits per heavy atom. The van der Waals surface area contributed by atoms with Crippen molar-refractivity contribution in [2.45, 2.75) is 43.6 Å². The van der Waals surface area contributed by atoms with Gasteiger partial charge in [-0.25, -0.2) is 4.98 Å². The second-order valence-corrected chi connectivity index (χ2v) is 11.5. The Morgan fingerprint density at radius 2 is 1.83 bits per heavy atom. The number of aryl methyl sites for hydroxylation is 2. The molecule has 0 saturated carbocycles. The van der Waals surface area contributed by atoms with E-state index in [1.54, 1.807) is 28.0 Å². The highest BCUT2D eigenvalue weighted by molar-refractivity contribution is 7.99. The summed E-state index contributed by atoms with van der Waals surface area (Å²) in [4.78, 5) is 22.6. The third-order valence-corrected chi connectivity index (χ3v) is 9.29. The Kier molecular flexibility index (Phi) is 6.74. The minimum absolute atomic E-state index is 0.113. The summed E-state index contributed by atoms with van der Waals surface area (Å²) in [6, 6.07) is 20.9. The molecule has 5 nitrogen and oxygen atoms in total. The van der Waals surface area contributed by atoms with Crippen molar-refractivity contribution in [3.05, 3.63) is 92.6 Å². The van der Waals surface area contributed by atoms with E-state index in [4.69, 9.17) is 9.72 Å². The van der Waals surface area contributed by atoms with Crippen molar-refractivity contribution >= 4 is 33.3 Å². The van der Waals surface area contributed by atoms with Crippen LogP contribution in [0.3, 0.4) is 0 Å². The van der Waals surface area contributed by atoms with Crippen LogP contribution in [0.25, 0.3) is 10.2 Å². The summed E-state index contributed by atoms with van der Waals surface area (Å²) in [6.45, 7) is 4.34. The van der Waals surface area contributed by atoms with E-state index in [-0.39, 0.29) is 11.7 Å². The van der Waals surface area contributed by atoms with Crippen molar-refractivity contribution in [1.82, 2.24) is 9.55 Å². The van der Waals surface area contributed by atoms with Crippen LogP contribution >= 0.6 is 23.1 Å². The lowest BCUT2D eigenvalue weighted by Crippen LogP contribution is -3.13. The maximum atomic E-state index is 13.8. The molecule has 2 aromatic heterocycles. The van der Waals surface area contributed by atoms with Gasteiger partial charge in [-0.2, -0.15) is 0 Å². The molecule has 1 unspecified atom stereocenters. The normalized spacial score (nSPS) is 19.8. The Hall–Kier alpha value is -2.45. The molecule has 180 valence electrons. The van der Waals surface area contributed by atoms with Crippen LogP contribution < -0.4 is 10.5 Å². The molecule has 3 heterocycles. The predicted molar refractivity (Wildman–Crippen MR) is 143 cm³/mol. The first-order valence-corrected chi connectivity index (χ1v) is 14.3. The van der Waals surface area contributed by atoms with E-state index in [0.29, 0.717) is 6.54 Å². The van der Waals surface area contributed by atoms with Crippen molar-refractivity contribution in [1.29, 1.82) is 0 Å². The van der Waals surface area contributed by atoms with E-state index in [0.717, 1.165) is 72.2 Å². The van der Waals surface area contributed by atoms with E-state index < -0.39 is 0 Å². The highest BCUT2D eigenvalue weighted by Crippen LogP contribution is 2.35. The third-order valence-electron chi connectivity index (χ3n) is 6.99. The molecule has 0 amide bonds. The molecule has 1 fully saturated rings. The number of hydrogen-bond acceptors (Lipinski definition) is 5. The zero-order valence-corrected chi connectivity index (χ0v) is 21.4. The van der Waals surface area contributed by atoms with Gasteiger partial charge < -0.3 is 9.64 Å². The average Bonchev–Trinajstić information content (AvgIpc) is 3.47. The van der Waals surface area contributed by atoms with Crippen LogP contribution in [-0.4, -0.2) is 41.1 Å². The number of morpholine rings is 1. The number of ether oxygens (including phenoxy) is 1. The predicted octanol–water partition coefficient (Wildman–Crippen LogP) is 3.57. The number of aromatic nitrogens is 2. The molecule has 6 rings (SSSR count). The Bertz CT molecular complexity index is 1370. The van der Waals surface area contributed by atoms with E-state index in [1.807, 2.05) is 22.8 Å². The topological polar surface area (TPSA) is 48.6 Å². The van der Waals surface area contributed by atoms with Gasteiger partial charge >= 0.3 is 0 Å². The Labute approximate surface area is 213 Å². The van der Waals surface area contributed by atoms with E-state index >= 15 is 0 Å². The van der Waals surface area contributed by atoms with Gasteiger partial charge in [0.15, 0.2) is 5.16 Å². The molecule has 1 N–H and O–H groups in total. The van der Waals surface area contributed by atoms with Crippen LogP contribution in [0.15, 0.2) is 70.6 Å². The lowest BCUT2D eigenvalue weighted by atomic mass is 10.2. The molecule has 4 aromatic rings. The molecule has 0 bridgehead atoms. The second kappa shape index (κ2) is 10.3. The van der Waals surface area contributed by atoms with Gasteiger partial charge in [0.05, 0.1) is 18.5 Å². The molecule has 0 radical (unpaired) electrons. The van der Waals surface area contributed by atoms with Gasteiger partial charge in [0.1, 0.15) is 30.6 Å². The van der Waals surface area contributed by atoms with Crippen LogP contribution in [0.4, 0.5) is 0 Å². The minimum Gasteiger partial charge on any atom is -0.366 e. The van der Waals surface area contributed by atoms with Crippen molar-refractivity contribution in [3.8, 4) is 0 Å². The first-order valence-electron chi connectivity index (χ1n) is 12.5. The molecular weight excluding hydrogens is 474 g/mol. The fraction of sp³-hybridized carbons (Fsp3) is 0.357. The molecule has 1 aliphatic carbocycles. The highest BCUT2D eigenvalue weighted by Gasteiger charge is 2.27. The molecule has 2 aromatic carbocycles. The van der Waals surface area contributed by atoms with Crippen LogP contribution in [0.1, 0.15) is 28.0 Å². The van der Waals surface area contributed by atoms with E-state index in [9.17, 15) is 4.79 Å². The highest BCUT2D eigenvalue weighted by atomic mass is 32.2. The number of thioether (sulfide) groups is 1. The quantitative estimate of drug-likeness (QED) is 0.309. The Morgan fingerprint density at radius 3 is 2.63 bits per heavy atom. The van der Waals surface area contributed by atoms with Crippen molar-refractivity contribution < 1.29 is 9.64 Å². The summed E-state index contributed by atoms with van der Waals surface area (Å²) in [5.41, 5.74) is 3.85.